The van der Waals surface area contributed by atoms with Crippen molar-refractivity contribution in [3.05, 3.63) is 52.7 Å². The minimum absolute atomic E-state index is 0.158. The van der Waals surface area contributed by atoms with Gasteiger partial charge in [0, 0.05) is 10.7 Å². The van der Waals surface area contributed by atoms with Gasteiger partial charge in [-0.15, -0.1) is 0 Å². The summed E-state index contributed by atoms with van der Waals surface area (Å²) in [5, 5.41) is 2.83. The van der Waals surface area contributed by atoms with Crippen LogP contribution in [0.4, 0.5) is 5.95 Å². The van der Waals surface area contributed by atoms with Crippen molar-refractivity contribution in [1.29, 1.82) is 0 Å². The van der Waals surface area contributed by atoms with Gasteiger partial charge in [-0.1, -0.05) is 12.1 Å². The Morgan fingerprint density at radius 1 is 1.14 bits per heavy atom. The number of aromatic amines is 1. The van der Waals surface area contributed by atoms with Crippen LogP contribution in [0.3, 0.4) is 0 Å². The summed E-state index contributed by atoms with van der Waals surface area (Å²) in [5.41, 5.74) is 2.40. The molecule has 106 valence electrons. The zero-order chi connectivity index (χ0) is 15.0. The molecule has 7 heteroatoms. The molecule has 1 amide bonds. The van der Waals surface area contributed by atoms with Crippen molar-refractivity contribution in [3.8, 4) is 0 Å². The highest BCUT2D eigenvalue weighted by atomic mass is 127. The Morgan fingerprint density at radius 3 is 2.67 bits per heavy atom. The fourth-order valence-electron chi connectivity index (χ4n) is 1.91. The first-order valence-electron chi connectivity index (χ1n) is 5.95. The molecule has 21 heavy (non-hydrogen) atoms. The third kappa shape index (κ3) is 3.33. The maximum absolute atomic E-state index is 12.4. The highest BCUT2D eigenvalue weighted by molar-refractivity contribution is 14.1. The summed E-state index contributed by atoms with van der Waals surface area (Å²) in [4.78, 5) is 19.9. The van der Waals surface area contributed by atoms with Crippen LogP contribution in [0.2, 0.25) is 0 Å². The smallest absolute Gasteiger partial charge is 0.259 e. The molecule has 3 rings (SSSR count). The number of nitrogens with zero attached hydrogens (tertiary/aromatic N) is 1. The molecule has 0 radical (unpaired) electrons. The van der Waals surface area contributed by atoms with Crippen LogP contribution in [0.1, 0.15) is 10.4 Å². The lowest BCUT2D eigenvalue weighted by Gasteiger charge is -2.07. The summed E-state index contributed by atoms with van der Waals surface area (Å²) in [5.74, 6) is 0.306. The van der Waals surface area contributed by atoms with Gasteiger partial charge in [0.05, 0.1) is 16.6 Å². The van der Waals surface area contributed by atoms with E-state index in [0.717, 1.165) is 21.7 Å². The number of rotatable bonds is 2. The van der Waals surface area contributed by atoms with Gasteiger partial charge in [-0.05, 0) is 92.0 Å². The van der Waals surface area contributed by atoms with Gasteiger partial charge in [-0.25, -0.2) is 4.98 Å². The van der Waals surface area contributed by atoms with E-state index in [9.17, 15) is 4.79 Å². The van der Waals surface area contributed by atoms with Crippen LogP contribution in [0, 0.1) is 10.7 Å². The van der Waals surface area contributed by atoms with Crippen LogP contribution < -0.4 is 5.32 Å². The topological polar surface area (TPSA) is 57.8 Å². The molecular formula is C14H8I3N3O. The van der Waals surface area contributed by atoms with E-state index >= 15 is 0 Å². The van der Waals surface area contributed by atoms with Crippen molar-refractivity contribution in [2.24, 2.45) is 0 Å². The summed E-state index contributed by atoms with van der Waals surface area (Å²) in [6.07, 6.45) is 0. The van der Waals surface area contributed by atoms with E-state index in [4.69, 9.17) is 0 Å². The van der Waals surface area contributed by atoms with Gasteiger partial charge in [0.2, 0.25) is 5.95 Å². The number of imidazole rings is 1. The second kappa shape index (κ2) is 6.36. The van der Waals surface area contributed by atoms with E-state index < -0.39 is 0 Å². The van der Waals surface area contributed by atoms with Gasteiger partial charge >= 0.3 is 0 Å². The number of carbonyl (C=O) groups excluding carboxylic acids is 1. The number of benzene rings is 2. The van der Waals surface area contributed by atoms with Crippen molar-refractivity contribution in [2.75, 3.05) is 5.32 Å². The quantitative estimate of drug-likeness (QED) is 0.327. The van der Waals surface area contributed by atoms with Crippen LogP contribution in [0.25, 0.3) is 11.0 Å². The number of hydrogen-bond donors (Lipinski definition) is 2. The van der Waals surface area contributed by atoms with Crippen molar-refractivity contribution in [2.45, 2.75) is 0 Å². The number of amides is 1. The van der Waals surface area contributed by atoms with Crippen LogP contribution in [-0.2, 0) is 0 Å². The number of halogens is 3. The number of carbonyl (C=O) groups is 1. The first-order valence-corrected chi connectivity index (χ1v) is 9.19. The number of H-pyrrole nitrogens is 1. The number of aromatic nitrogens is 2. The molecule has 3 aromatic rings. The molecule has 0 spiro atoms. The maximum Gasteiger partial charge on any atom is 0.259 e. The summed E-state index contributed by atoms with van der Waals surface area (Å²) in [6.45, 7) is 0. The summed E-state index contributed by atoms with van der Waals surface area (Å²) < 4.78 is 3.05. The average Bonchev–Trinajstić information content (AvgIpc) is 2.84. The lowest BCUT2D eigenvalue weighted by Crippen LogP contribution is -2.15. The molecule has 0 bridgehead atoms. The minimum Gasteiger partial charge on any atom is -0.324 e. The average molecular weight is 615 g/mol. The Kier molecular flexibility index (Phi) is 4.69. The predicted octanol–water partition coefficient (Wildman–Crippen LogP) is 4.63. The molecule has 0 aliphatic rings. The van der Waals surface area contributed by atoms with Gasteiger partial charge in [-0.3, -0.25) is 10.1 Å². The van der Waals surface area contributed by atoms with Crippen LogP contribution in [-0.4, -0.2) is 15.9 Å². The first-order chi connectivity index (χ1) is 10.0. The number of nitrogens with one attached hydrogen (secondary N) is 2. The van der Waals surface area contributed by atoms with E-state index in [1.807, 2.05) is 36.4 Å². The fourth-order valence-corrected chi connectivity index (χ4v) is 4.31. The van der Waals surface area contributed by atoms with Crippen molar-refractivity contribution in [3.63, 3.8) is 0 Å². The lowest BCUT2D eigenvalue weighted by atomic mass is 10.2. The molecule has 0 fully saturated rings. The van der Waals surface area contributed by atoms with Crippen molar-refractivity contribution < 1.29 is 4.79 Å². The summed E-state index contributed by atoms with van der Waals surface area (Å²) in [7, 11) is 0. The SMILES string of the molecule is O=C(Nc1nc2ccccc2[nH]1)c1cc(I)cc(I)c1I. The van der Waals surface area contributed by atoms with Gasteiger partial charge in [0.15, 0.2) is 0 Å². The molecule has 1 aromatic heterocycles. The van der Waals surface area contributed by atoms with Crippen molar-refractivity contribution >= 4 is 90.7 Å². The Labute approximate surface area is 161 Å². The Hall–Kier alpha value is -0.430. The minimum atomic E-state index is -0.158. The van der Waals surface area contributed by atoms with Crippen LogP contribution in [0.5, 0.6) is 0 Å². The molecule has 1 heterocycles. The summed E-state index contributed by atoms with van der Waals surface area (Å²) in [6, 6.07) is 11.6. The number of para-hydroxylation sites is 2. The Bertz CT molecular complexity index is 812. The second-order valence-electron chi connectivity index (χ2n) is 4.31. The van der Waals surface area contributed by atoms with Gasteiger partial charge in [0.25, 0.3) is 5.91 Å². The molecule has 0 saturated carbocycles. The van der Waals surface area contributed by atoms with E-state index in [-0.39, 0.29) is 5.91 Å². The largest absolute Gasteiger partial charge is 0.324 e. The molecule has 2 aromatic carbocycles. The molecule has 0 atom stereocenters. The monoisotopic (exact) mass is 615 g/mol. The molecule has 4 nitrogen and oxygen atoms in total. The molecule has 0 unspecified atom stereocenters. The highest BCUT2D eigenvalue weighted by Gasteiger charge is 2.15. The summed E-state index contributed by atoms with van der Waals surface area (Å²) >= 11 is 6.64. The van der Waals surface area contributed by atoms with Gasteiger partial charge in [0.1, 0.15) is 0 Å². The fraction of sp³-hybridized carbons (Fsp3) is 0. The third-order valence-electron chi connectivity index (χ3n) is 2.86. The maximum atomic E-state index is 12.4. The van der Waals surface area contributed by atoms with E-state index in [1.165, 1.54) is 0 Å². The second-order valence-corrected chi connectivity index (χ2v) is 7.79. The highest BCUT2D eigenvalue weighted by Crippen LogP contribution is 2.23. The molecule has 2 N–H and O–H groups in total. The predicted molar refractivity (Wildman–Crippen MR) is 109 cm³/mol. The molecule has 0 aliphatic heterocycles. The van der Waals surface area contributed by atoms with Gasteiger partial charge in [-0.2, -0.15) is 0 Å². The normalized spacial score (nSPS) is 10.8. The third-order valence-corrected chi connectivity index (χ3v) is 6.53. The zero-order valence-corrected chi connectivity index (χ0v) is 16.9. The number of hydrogen-bond acceptors (Lipinski definition) is 2. The molecule has 0 saturated heterocycles. The lowest BCUT2D eigenvalue weighted by molar-refractivity contribution is 0.102. The van der Waals surface area contributed by atoms with E-state index in [1.54, 1.807) is 0 Å². The van der Waals surface area contributed by atoms with E-state index in [2.05, 4.69) is 83.1 Å². The van der Waals surface area contributed by atoms with Gasteiger partial charge < -0.3 is 4.98 Å². The molecule has 0 aliphatic carbocycles. The van der Waals surface area contributed by atoms with Crippen LogP contribution in [0.15, 0.2) is 36.4 Å². The van der Waals surface area contributed by atoms with Crippen LogP contribution >= 0.6 is 67.8 Å². The zero-order valence-electron chi connectivity index (χ0n) is 10.5. The van der Waals surface area contributed by atoms with E-state index in [0.29, 0.717) is 11.5 Å². The number of anilines is 1. The number of fused-ring (bicyclic) bond motifs is 1. The standard InChI is InChI=1S/C14H8I3N3O/c15-7-5-8(12(17)9(16)6-7)13(21)20-14-18-10-3-1-2-4-11(10)19-14/h1-6H,(H2,18,19,20,21). The Balaban J connectivity index is 1.93. The Morgan fingerprint density at radius 2 is 1.90 bits per heavy atom. The van der Waals surface area contributed by atoms with Crippen molar-refractivity contribution in [1.82, 2.24) is 9.97 Å². The first kappa shape index (κ1) is 15.5. The molecular weight excluding hydrogens is 607 g/mol.